The van der Waals surface area contributed by atoms with Crippen LogP contribution in [0.3, 0.4) is 0 Å². The minimum Gasteiger partial charge on any atom is -0.466 e. The summed E-state index contributed by atoms with van der Waals surface area (Å²) in [6.07, 6.45) is 0. The zero-order chi connectivity index (χ0) is 12.7. The molecule has 0 radical (unpaired) electrons. The average Bonchev–Trinajstić information content (AvgIpc) is 2.29. The number of esters is 1. The largest absolute Gasteiger partial charge is 0.466 e. The van der Waals surface area contributed by atoms with Crippen molar-refractivity contribution < 1.29 is 13.9 Å². The molecule has 0 unspecified atom stereocenters. The molecule has 1 heterocycles. The fourth-order valence-corrected chi connectivity index (χ4v) is 1.21. The van der Waals surface area contributed by atoms with Crippen molar-refractivity contribution in [3.8, 4) is 0 Å². The maximum Gasteiger partial charge on any atom is 0.336 e. The molecule has 17 heavy (non-hydrogen) atoms. The number of benzene rings is 1. The highest BCUT2D eigenvalue weighted by molar-refractivity contribution is 5.75. The van der Waals surface area contributed by atoms with E-state index in [9.17, 15) is 9.59 Å². The fraction of sp³-hybridized carbons (Fsp3) is 0.231. The number of carbonyl (C=O) groups is 1. The lowest BCUT2D eigenvalue weighted by atomic mass is 10.2. The van der Waals surface area contributed by atoms with Gasteiger partial charge in [-0.25, -0.2) is 4.79 Å². The molecule has 0 saturated heterocycles. The highest BCUT2D eigenvalue weighted by Crippen LogP contribution is 2.08. The van der Waals surface area contributed by atoms with Gasteiger partial charge in [-0.3, -0.25) is 4.79 Å². The lowest BCUT2D eigenvalue weighted by Crippen LogP contribution is -1.95. The molecule has 2 rings (SSSR count). The van der Waals surface area contributed by atoms with Gasteiger partial charge in [0.05, 0.1) is 6.61 Å². The molecular formula is C13H14O4. The normalized spacial score (nSPS) is 9.29. The number of rotatable bonds is 1. The van der Waals surface area contributed by atoms with Gasteiger partial charge in [-0.15, -0.1) is 0 Å². The van der Waals surface area contributed by atoms with Gasteiger partial charge in [0.25, 0.3) is 0 Å². The lowest BCUT2D eigenvalue weighted by Gasteiger charge is -1.91. The van der Waals surface area contributed by atoms with E-state index < -0.39 is 0 Å². The topological polar surface area (TPSA) is 56.5 Å². The first-order valence-electron chi connectivity index (χ1n) is 5.25. The van der Waals surface area contributed by atoms with Gasteiger partial charge in [-0.2, -0.15) is 0 Å². The molecule has 0 bridgehead atoms. The van der Waals surface area contributed by atoms with E-state index in [0.717, 1.165) is 5.39 Å². The van der Waals surface area contributed by atoms with Crippen LogP contribution in [-0.4, -0.2) is 12.6 Å². The molecule has 0 aliphatic carbocycles. The Hall–Kier alpha value is -2.10. The minimum atomic E-state index is -0.302. The van der Waals surface area contributed by atoms with E-state index in [2.05, 4.69) is 4.74 Å². The van der Waals surface area contributed by atoms with Gasteiger partial charge in [-0.1, -0.05) is 18.2 Å². The fourth-order valence-electron chi connectivity index (χ4n) is 1.21. The average molecular weight is 234 g/mol. The zero-order valence-corrected chi connectivity index (χ0v) is 9.80. The molecule has 2 aromatic rings. The zero-order valence-electron chi connectivity index (χ0n) is 9.80. The molecule has 0 aliphatic rings. The summed E-state index contributed by atoms with van der Waals surface area (Å²) < 4.78 is 9.31. The Labute approximate surface area is 98.8 Å². The molecule has 0 spiro atoms. The summed E-state index contributed by atoms with van der Waals surface area (Å²) in [5.41, 5.74) is 0.337. The van der Waals surface area contributed by atoms with Crippen molar-refractivity contribution in [3.63, 3.8) is 0 Å². The first-order valence-corrected chi connectivity index (χ1v) is 5.25. The predicted molar refractivity (Wildman–Crippen MR) is 64.8 cm³/mol. The Morgan fingerprint density at radius 2 is 1.94 bits per heavy atom. The van der Waals surface area contributed by atoms with Crippen LogP contribution in [0, 0.1) is 0 Å². The SMILES string of the molecule is CCOC(C)=O.O=c1ccc2ccccc2o1. The van der Waals surface area contributed by atoms with E-state index >= 15 is 0 Å². The Bertz CT molecular complexity index is 542. The van der Waals surface area contributed by atoms with Crippen molar-refractivity contribution in [2.45, 2.75) is 13.8 Å². The van der Waals surface area contributed by atoms with Crippen LogP contribution in [0.4, 0.5) is 0 Å². The number of ether oxygens (including phenoxy) is 1. The van der Waals surface area contributed by atoms with Gasteiger partial charge in [0.1, 0.15) is 5.58 Å². The van der Waals surface area contributed by atoms with Crippen molar-refractivity contribution in [2.24, 2.45) is 0 Å². The third-order valence-electron chi connectivity index (χ3n) is 1.88. The Morgan fingerprint density at radius 3 is 2.53 bits per heavy atom. The molecule has 0 amide bonds. The summed E-state index contributed by atoms with van der Waals surface area (Å²) in [5, 5.41) is 0.951. The molecule has 0 fully saturated rings. The van der Waals surface area contributed by atoms with E-state index in [4.69, 9.17) is 4.42 Å². The summed E-state index contributed by atoms with van der Waals surface area (Å²) in [7, 11) is 0. The van der Waals surface area contributed by atoms with Crippen LogP contribution in [-0.2, 0) is 9.53 Å². The quantitative estimate of drug-likeness (QED) is 0.561. The second-order valence-corrected chi connectivity index (χ2v) is 3.22. The summed E-state index contributed by atoms with van der Waals surface area (Å²) in [6, 6.07) is 10.6. The number of para-hydroxylation sites is 1. The molecule has 0 atom stereocenters. The van der Waals surface area contributed by atoms with Crippen molar-refractivity contribution >= 4 is 16.9 Å². The van der Waals surface area contributed by atoms with Crippen molar-refractivity contribution in [3.05, 3.63) is 46.8 Å². The predicted octanol–water partition coefficient (Wildman–Crippen LogP) is 2.36. The van der Waals surface area contributed by atoms with E-state index in [1.807, 2.05) is 18.2 Å². The smallest absolute Gasteiger partial charge is 0.336 e. The molecule has 4 heteroatoms. The Kier molecular flexibility index (Phi) is 4.94. The third-order valence-corrected chi connectivity index (χ3v) is 1.88. The molecule has 1 aromatic heterocycles. The minimum absolute atomic E-state index is 0.211. The summed E-state index contributed by atoms with van der Waals surface area (Å²) >= 11 is 0. The van der Waals surface area contributed by atoms with Crippen LogP contribution in [0.5, 0.6) is 0 Å². The standard InChI is InChI=1S/C9H6O2.C4H8O2/c10-9-6-5-7-3-1-2-4-8(7)11-9;1-3-6-4(2)5/h1-6H;3H2,1-2H3. The van der Waals surface area contributed by atoms with Crippen LogP contribution in [0.2, 0.25) is 0 Å². The van der Waals surface area contributed by atoms with Gasteiger partial charge in [0.15, 0.2) is 0 Å². The van der Waals surface area contributed by atoms with Crippen LogP contribution < -0.4 is 5.63 Å². The summed E-state index contributed by atoms with van der Waals surface area (Å²) in [5.74, 6) is -0.211. The summed E-state index contributed by atoms with van der Waals surface area (Å²) in [6.45, 7) is 3.65. The number of carbonyl (C=O) groups excluding carboxylic acids is 1. The molecule has 0 aliphatic heterocycles. The monoisotopic (exact) mass is 234 g/mol. The molecule has 1 aromatic carbocycles. The highest BCUT2D eigenvalue weighted by atomic mass is 16.5. The Morgan fingerprint density at radius 1 is 1.24 bits per heavy atom. The van der Waals surface area contributed by atoms with Crippen molar-refractivity contribution in [1.82, 2.24) is 0 Å². The van der Waals surface area contributed by atoms with E-state index in [-0.39, 0.29) is 11.6 Å². The van der Waals surface area contributed by atoms with Gasteiger partial charge >= 0.3 is 11.6 Å². The number of fused-ring (bicyclic) bond motifs is 1. The first-order chi connectivity index (χ1) is 8.13. The number of hydrogen-bond donors (Lipinski definition) is 0. The van der Waals surface area contributed by atoms with Crippen LogP contribution in [0.15, 0.2) is 45.6 Å². The molecular weight excluding hydrogens is 220 g/mol. The molecule has 4 nitrogen and oxygen atoms in total. The van der Waals surface area contributed by atoms with Gasteiger partial charge < -0.3 is 9.15 Å². The lowest BCUT2D eigenvalue weighted by molar-refractivity contribution is -0.140. The third kappa shape index (κ3) is 4.51. The van der Waals surface area contributed by atoms with Crippen molar-refractivity contribution in [1.29, 1.82) is 0 Å². The second kappa shape index (κ2) is 6.48. The van der Waals surface area contributed by atoms with Crippen LogP contribution in [0.25, 0.3) is 11.0 Å². The summed E-state index contributed by atoms with van der Waals surface area (Å²) in [4.78, 5) is 20.5. The molecule has 0 N–H and O–H groups in total. The maximum absolute atomic E-state index is 10.7. The van der Waals surface area contributed by atoms with Crippen molar-refractivity contribution in [2.75, 3.05) is 6.61 Å². The maximum atomic E-state index is 10.7. The van der Waals surface area contributed by atoms with Gasteiger partial charge in [0.2, 0.25) is 0 Å². The van der Waals surface area contributed by atoms with Gasteiger partial charge in [0, 0.05) is 18.4 Å². The molecule has 90 valence electrons. The first kappa shape index (κ1) is 13.0. The van der Waals surface area contributed by atoms with Crippen LogP contribution in [0.1, 0.15) is 13.8 Å². The highest BCUT2D eigenvalue weighted by Gasteiger charge is 1.92. The van der Waals surface area contributed by atoms with E-state index in [1.165, 1.54) is 13.0 Å². The van der Waals surface area contributed by atoms with Crippen LogP contribution >= 0.6 is 0 Å². The second-order valence-electron chi connectivity index (χ2n) is 3.22. The number of hydrogen-bond acceptors (Lipinski definition) is 4. The van der Waals surface area contributed by atoms with Gasteiger partial charge in [-0.05, 0) is 19.1 Å². The molecule has 0 saturated carbocycles. The Balaban J connectivity index is 0.000000209. The van der Waals surface area contributed by atoms with E-state index in [1.54, 1.807) is 19.1 Å². The van der Waals surface area contributed by atoms with E-state index in [0.29, 0.717) is 12.2 Å².